The van der Waals surface area contributed by atoms with E-state index in [1.807, 2.05) is 59.5 Å². The smallest absolute Gasteiger partial charge is 0.324 e. The van der Waals surface area contributed by atoms with Crippen LogP contribution in [-0.2, 0) is 16.0 Å². The summed E-state index contributed by atoms with van der Waals surface area (Å²) in [7, 11) is 0. The Balaban J connectivity index is 1.14. The molecule has 5 rings (SSSR count). The van der Waals surface area contributed by atoms with Gasteiger partial charge in [0.1, 0.15) is 0 Å². The van der Waals surface area contributed by atoms with Crippen LogP contribution in [0.2, 0.25) is 5.02 Å². The van der Waals surface area contributed by atoms with Gasteiger partial charge in [-0.15, -0.1) is 0 Å². The minimum absolute atomic E-state index is 0.0999. The highest BCUT2D eigenvalue weighted by Crippen LogP contribution is 2.34. The summed E-state index contributed by atoms with van der Waals surface area (Å²) in [6, 6.07) is 17.1. The number of fused-ring (bicyclic) bond motifs is 1. The molecule has 0 bridgehead atoms. The molecule has 2 heterocycles. The van der Waals surface area contributed by atoms with E-state index >= 15 is 0 Å². The van der Waals surface area contributed by atoms with Crippen molar-refractivity contribution in [3.8, 4) is 0 Å². The number of halogens is 1. The van der Waals surface area contributed by atoms with Crippen LogP contribution in [0.3, 0.4) is 0 Å². The summed E-state index contributed by atoms with van der Waals surface area (Å²) in [5, 5.41) is 3.75. The fourth-order valence-corrected chi connectivity index (χ4v) is 5.71. The highest BCUT2D eigenvalue weighted by Gasteiger charge is 2.45. The maximum atomic E-state index is 13.3. The van der Waals surface area contributed by atoms with Gasteiger partial charge in [-0.3, -0.25) is 14.5 Å². The Bertz CT molecular complexity index is 1070. The van der Waals surface area contributed by atoms with Gasteiger partial charge in [-0.25, -0.2) is 4.79 Å². The van der Waals surface area contributed by atoms with E-state index in [0.29, 0.717) is 50.3 Å². The molecule has 1 saturated carbocycles. The number of anilines is 1. The number of piperazine rings is 1. The highest BCUT2D eigenvalue weighted by molar-refractivity contribution is 6.30. The third-order valence-electron chi connectivity index (χ3n) is 7.59. The summed E-state index contributed by atoms with van der Waals surface area (Å²) in [4.78, 5) is 44.7. The van der Waals surface area contributed by atoms with Crippen molar-refractivity contribution < 1.29 is 14.4 Å². The van der Waals surface area contributed by atoms with Crippen LogP contribution in [0.25, 0.3) is 0 Å². The molecule has 0 aromatic heterocycles. The molecule has 3 atom stereocenters. The SMILES string of the molecule is O=C(C1CCC2C(=O)N(CCc3ccccc3)C(=O)NC2C1)N1CCN(c2ccc(Cl)cc2)CC1. The van der Waals surface area contributed by atoms with Crippen LogP contribution >= 0.6 is 11.6 Å². The molecular formula is C27H31ClN4O3. The predicted molar refractivity (Wildman–Crippen MR) is 135 cm³/mol. The molecule has 1 N–H and O–H groups in total. The zero-order valence-electron chi connectivity index (χ0n) is 19.7. The normalized spacial score (nSPS) is 24.7. The molecule has 2 saturated heterocycles. The van der Waals surface area contributed by atoms with Gasteiger partial charge in [-0.2, -0.15) is 0 Å². The van der Waals surface area contributed by atoms with Gasteiger partial charge in [0.2, 0.25) is 11.8 Å². The van der Waals surface area contributed by atoms with E-state index in [-0.39, 0.29) is 35.7 Å². The van der Waals surface area contributed by atoms with Gasteiger partial charge in [0, 0.05) is 55.4 Å². The molecule has 2 aliphatic heterocycles. The van der Waals surface area contributed by atoms with Crippen LogP contribution in [0.15, 0.2) is 54.6 Å². The number of benzene rings is 2. The minimum Gasteiger partial charge on any atom is -0.368 e. The molecule has 2 aromatic rings. The molecule has 35 heavy (non-hydrogen) atoms. The van der Waals surface area contributed by atoms with Gasteiger partial charge in [-0.1, -0.05) is 41.9 Å². The Morgan fingerprint density at radius 3 is 2.37 bits per heavy atom. The van der Waals surface area contributed by atoms with E-state index in [2.05, 4.69) is 10.2 Å². The zero-order valence-corrected chi connectivity index (χ0v) is 20.5. The fourth-order valence-electron chi connectivity index (χ4n) is 5.58. The van der Waals surface area contributed by atoms with Crippen LogP contribution in [0.4, 0.5) is 10.5 Å². The van der Waals surface area contributed by atoms with E-state index in [1.165, 1.54) is 4.90 Å². The number of nitrogens with zero attached hydrogens (tertiary/aromatic N) is 3. The van der Waals surface area contributed by atoms with Crippen LogP contribution < -0.4 is 10.2 Å². The molecule has 1 aliphatic carbocycles. The molecule has 7 nitrogen and oxygen atoms in total. The average molecular weight is 495 g/mol. The van der Waals surface area contributed by atoms with Crippen molar-refractivity contribution in [2.45, 2.75) is 31.7 Å². The van der Waals surface area contributed by atoms with Crippen molar-refractivity contribution in [3.63, 3.8) is 0 Å². The minimum atomic E-state index is -0.336. The number of hydrogen-bond acceptors (Lipinski definition) is 4. The Morgan fingerprint density at radius 1 is 0.943 bits per heavy atom. The number of amides is 4. The van der Waals surface area contributed by atoms with E-state index in [1.54, 1.807) is 0 Å². The summed E-state index contributed by atoms with van der Waals surface area (Å²) in [6.45, 7) is 3.27. The van der Waals surface area contributed by atoms with Crippen molar-refractivity contribution in [2.24, 2.45) is 11.8 Å². The molecule has 0 radical (unpaired) electrons. The van der Waals surface area contributed by atoms with E-state index in [4.69, 9.17) is 11.6 Å². The fraction of sp³-hybridized carbons (Fsp3) is 0.444. The van der Waals surface area contributed by atoms with Crippen molar-refractivity contribution in [1.29, 1.82) is 0 Å². The summed E-state index contributed by atoms with van der Waals surface area (Å²) in [5.41, 5.74) is 2.21. The highest BCUT2D eigenvalue weighted by atomic mass is 35.5. The van der Waals surface area contributed by atoms with Crippen molar-refractivity contribution in [3.05, 3.63) is 65.2 Å². The number of urea groups is 1. The van der Waals surface area contributed by atoms with Crippen LogP contribution in [0, 0.1) is 11.8 Å². The van der Waals surface area contributed by atoms with E-state index in [0.717, 1.165) is 24.3 Å². The van der Waals surface area contributed by atoms with Crippen LogP contribution in [0.5, 0.6) is 0 Å². The topological polar surface area (TPSA) is 73.0 Å². The largest absolute Gasteiger partial charge is 0.368 e. The monoisotopic (exact) mass is 494 g/mol. The van der Waals surface area contributed by atoms with Gasteiger partial charge in [-0.05, 0) is 55.5 Å². The lowest BCUT2D eigenvalue weighted by Gasteiger charge is -2.43. The van der Waals surface area contributed by atoms with Crippen LogP contribution in [0.1, 0.15) is 24.8 Å². The first-order chi connectivity index (χ1) is 17.0. The first kappa shape index (κ1) is 23.7. The Labute approximate surface area is 211 Å². The number of rotatable bonds is 5. The lowest BCUT2D eigenvalue weighted by Crippen LogP contribution is -2.62. The Hall–Kier alpha value is -3.06. The van der Waals surface area contributed by atoms with E-state index in [9.17, 15) is 14.4 Å². The number of carbonyl (C=O) groups excluding carboxylic acids is 3. The van der Waals surface area contributed by atoms with Gasteiger partial charge in [0.15, 0.2) is 0 Å². The van der Waals surface area contributed by atoms with E-state index < -0.39 is 0 Å². The molecule has 4 amide bonds. The predicted octanol–water partition coefficient (Wildman–Crippen LogP) is 3.57. The molecule has 184 valence electrons. The molecule has 0 spiro atoms. The van der Waals surface area contributed by atoms with Gasteiger partial charge in [0.25, 0.3) is 0 Å². The maximum absolute atomic E-state index is 13.3. The second-order valence-corrected chi connectivity index (χ2v) is 10.1. The molecule has 2 aromatic carbocycles. The van der Waals surface area contributed by atoms with Crippen molar-refractivity contribution >= 4 is 35.1 Å². The van der Waals surface area contributed by atoms with Gasteiger partial charge < -0.3 is 15.1 Å². The molecule has 3 fully saturated rings. The summed E-state index contributed by atoms with van der Waals surface area (Å²) in [5.74, 6) is -0.346. The first-order valence-electron chi connectivity index (χ1n) is 12.4. The quantitative estimate of drug-likeness (QED) is 0.689. The molecule has 8 heteroatoms. The lowest BCUT2D eigenvalue weighted by molar-refractivity contribution is -0.142. The molecule has 3 aliphatic rings. The number of nitrogens with one attached hydrogen (secondary N) is 1. The Kier molecular flexibility index (Phi) is 6.95. The lowest BCUT2D eigenvalue weighted by atomic mass is 9.76. The number of imide groups is 1. The second kappa shape index (κ2) is 10.3. The average Bonchev–Trinajstić information content (AvgIpc) is 2.89. The number of carbonyl (C=O) groups is 3. The maximum Gasteiger partial charge on any atom is 0.324 e. The standard InChI is InChI=1S/C27H31ClN4O3/c28-21-7-9-22(10-8-21)30-14-16-31(17-15-30)25(33)20-6-11-23-24(18-20)29-27(35)32(26(23)34)13-12-19-4-2-1-3-5-19/h1-5,7-10,20,23-24H,6,11-18H2,(H,29,35). The van der Waals surface area contributed by atoms with Crippen LogP contribution in [-0.4, -0.2) is 66.4 Å². The van der Waals surface area contributed by atoms with Gasteiger partial charge in [0.05, 0.1) is 5.92 Å². The molecule has 3 unspecified atom stereocenters. The zero-order chi connectivity index (χ0) is 24.4. The van der Waals surface area contributed by atoms with Gasteiger partial charge >= 0.3 is 6.03 Å². The van der Waals surface area contributed by atoms with Crippen molar-refractivity contribution in [2.75, 3.05) is 37.6 Å². The first-order valence-corrected chi connectivity index (χ1v) is 12.8. The number of hydrogen-bond donors (Lipinski definition) is 1. The summed E-state index contributed by atoms with van der Waals surface area (Å²) in [6.07, 6.45) is 2.49. The third kappa shape index (κ3) is 5.15. The van der Waals surface area contributed by atoms with Crippen molar-refractivity contribution in [1.82, 2.24) is 15.1 Å². The molecular weight excluding hydrogens is 464 g/mol. The third-order valence-corrected chi connectivity index (χ3v) is 7.84. The Morgan fingerprint density at radius 2 is 1.66 bits per heavy atom. The summed E-state index contributed by atoms with van der Waals surface area (Å²) >= 11 is 6.00. The summed E-state index contributed by atoms with van der Waals surface area (Å²) < 4.78 is 0. The second-order valence-electron chi connectivity index (χ2n) is 9.69.